The molecule has 1 aromatic carbocycles. The van der Waals surface area contributed by atoms with Crippen LogP contribution in [0.25, 0.3) is 16.6 Å². The third-order valence-electron chi connectivity index (χ3n) is 5.13. The molecule has 3 aromatic rings. The second-order valence-electron chi connectivity index (χ2n) is 7.45. The molecule has 0 bridgehead atoms. The summed E-state index contributed by atoms with van der Waals surface area (Å²) < 4.78 is 15.9. The lowest BCUT2D eigenvalue weighted by Crippen LogP contribution is -2.41. The summed E-state index contributed by atoms with van der Waals surface area (Å²) in [5.74, 6) is 0. The Hall–Kier alpha value is -1.83. The number of rotatable bonds is 2. The number of hydrogen-bond acceptors (Lipinski definition) is 4. The summed E-state index contributed by atoms with van der Waals surface area (Å²) in [6.07, 6.45) is 5.48. The summed E-state index contributed by atoms with van der Waals surface area (Å²) in [5.41, 5.74) is 1.79. The second kappa shape index (κ2) is 5.33. The Morgan fingerprint density at radius 3 is 2.32 bits per heavy atom. The summed E-state index contributed by atoms with van der Waals surface area (Å²) in [4.78, 5) is 0. The van der Waals surface area contributed by atoms with Gasteiger partial charge in [-0.25, -0.2) is 4.68 Å². The second-order valence-corrected chi connectivity index (χ2v) is 7.86. The van der Waals surface area contributed by atoms with Crippen LogP contribution in [0.4, 0.5) is 0 Å². The summed E-state index contributed by atoms with van der Waals surface area (Å²) in [7, 11) is 1.36. The van der Waals surface area contributed by atoms with Crippen LogP contribution in [0.15, 0.2) is 30.7 Å². The summed E-state index contributed by atoms with van der Waals surface area (Å²) in [6, 6.07) is 3.89. The molecule has 4 rings (SSSR count). The lowest BCUT2D eigenvalue weighted by Gasteiger charge is -2.32. The lowest BCUT2D eigenvalue weighted by molar-refractivity contribution is 0.00578. The van der Waals surface area contributed by atoms with Gasteiger partial charge < -0.3 is 9.31 Å². The van der Waals surface area contributed by atoms with E-state index in [2.05, 4.69) is 10.2 Å². The number of fused-ring (bicyclic) bond motifs is 1. The van der Waals surface area contributed by atoms with E-state index in [1.165, 1.54) is 0 Å². The Morgan fingerprint density at radius 1 is 1.04 bits per heavy atom. The zero-order valence-electron chi connectivity index (χ0n) is 14.9. The first-order chi connectivity index (χ1) is 11.7. The van der Waals surface area contributed by atoms with E-state index >= 15 is 0 Å². The Morgan fingerprint density at radius 2 is 1.72 bits per heavy atom. The highest BCUT2D eigenvalue weighted by Crippen LogP contribution is 2.37. The van der Waals surface area contributed by atoms with Crippen LogP contribution in [0.2, 0.25) is 5.02 Å². The minimum atomic E-state index is -0.515. The van der Waals surface area contributed by atoms with E-state index in [9.17, 15) is 0 Å². The molecule has 0 unspecified atom stereocenters. The Kier molecular flexibility index (Phi) is 3.55. The molecule has 1 aliphatic heterocycles. The van der Waals surface area contributed by atoms with Crippen LogP contribution in [0.5, 0.6) is 0 Å². The molecule has 1 saturated heterocycles. The maximum Gasteiger partial charge on any atom is 0.496 e. The number of aromatic nitrogens is 4. The normalized spacial score (nSPS) is 19.0. The summed E-state index contributed by atoms with van der Waals surface area (Å²) in [5, 5.41) is 10.2. The fourth-order valence-corrected chi connectivity index (χ4v) is 3.20. The molecule has 0 spiro atoms. The van der Waals surface area contributed by atoms with Gasteiger partial charge in [0, 0.05) is 22.9 Å². The monoisotopic (exact) mass is 358 g/mol. The maximum absolute atomic E-state index is 6.52. The van der Waals surface area contributed by atoms with Crippen LogP contribution in [0, 0.1) is 0 Å². The molecule has 3 heterocycles. The van der Waals surface area contributed by atoms with Crippen molar-refractivity contribution in [3.05, 3.63) is 35.7 Å². The third kappa shape index (κ3) is 2.58. The maximum atomic E-state index is 6.52. The molecule has 1 fully saturated rings. The van der Waals surface area contributed by atoms with Crippen LogP contribution in [0.3, 0.4) is 0 Å². The predicted molar refractivity (Wildman–Crippen MR) is 98.6 cm³/mol. The highest BCUT2D eigenvalue weighted by atomic mass is 35.5. The van der Waals surface area contributed by atoms with Crippen molar-refractivity contribution in [3.8, 4) is 5.69 Å². The van der Waals surface area contributed by atoms with E-state index < -0.39 is 18.3 Å². The number of hydrogen-bond donors (Lipinski definition) is 0. The molecule has 1 aliphatic rings. The van der Waals surface area contributed by atoms with Crippen LogP contribution in [-0.4, -0.2) is 37.9 Å². The van der Waals surface area contributed by atoms with Gasteiger partial charge in [0.1, 0.15) is 5.69 Å². The van der Waals surface area contributed by atoms with E-state index in [-0.39, 0.29) is 0 Å². The van der Waals surface area contributed by atoms with E-state index in [0.29, 0.717) is 5.02 Å². The number of benzene rings is 1. The highest BCUT2D eigenvalue weighted by molar-refractivity contribution is 6.66. The van der Waals surface area contributed by atoms with Gasteiger partial charge in [-0.3, -0.25) is 4.68 Å². The first-order valence-electron chi connectivity index (χ1n) is 8.20. The molecular weight excluding hydrogens is 338 g/mol. The topological polar surface area (TPSA) is 54.1 Å². The number of aryl methyl sites for hydroxylation is 1. The van der Waals surface area contributed by atoms with Crippen LogP contribution >= 0.6 is 11.6 Å². The highest BCUT2D eigenvalue weighted by Gasteiger charge is 2.52. The average Bonchev–Trinajstić information content (AvgIpc) is 3.15. The summed E-state index contributed by atoms with van der Waals surface area (Å²) in [6.45, 7) is 8.11. The zero-order chi connectivity index (χ0) is 18.0. The standard InChI is InChI=1S/C17H20BClN4O2/c1-16(2)17(3,4)25-18(24-16)13-7-15-11(6-14(13)19)8-21-23(15)12-9-20-22(5)10-12/h6-10H,1-5H3. The predicted octanol–water partition coefficient (Wildman–Crippen LogP) is 2.71. The molecule has 6 nitrogen and oxygen atoms in total. The van der Waals surface area contributed by atoms with Gasteiger partial charge in [-0.15, -0.1) is 0 Å². The van der Waals surface area contributed by atoms with Crippen LogP contribution in [-0.2, 0) is 16.4 Å². The zero-order valence-corrected chi connectivity index (χ0v) is 15.7. The molecule has 0 saturated carbocycles. The Labute approximate surface area is 151 Å². The summed E-state index contributed by atoms with van der Waals surface area (Å²) >= 11 is 6.52. The smallest absolute Gasteiger partial charge is 0.399 e. The van der Waals surface area contributed by atoms with Crippen molar-refractivity contribution in [1.29, 1.82) is 0 Å². The molecule has 8 heteroatoms. The van der Waals surface area contributed by atoms with E-state index in [0.717, 1.165) is 22.1 Å². The van der Waals surface area contributed by atoms with Gasteiger partial charge in [0.25, 0.3) is 0 Å². The van der Waals surface area contributed by atoms with Gasteiger partial charge in [-0.05, 0) is 39.8 Å². The van der Waals surface area contributed by atoms with Gasteiger partial charge in [-0.1, -0.05) is 11.6 Å². The van der Waals surface area contributed by atoms with Crippen molar-refractivity contribution < 1.29 is 9.31 Å². The number of nitrogens with zero attached hydrogens (tertiary/aromatic N) is 4. The van der Waals surface area contributed by atoms with Crippen molar-refractivity contribution in [3.63, 3.8) is 0 Å². The van der Waals surface area contributed by atoms with Gasteiger partial charge in [0.2, 0.25) is 0 Å². The third-order valence-corrected chi connectivity index (χ3v) is 5.46. The molecule has 0 N–H and O–H groups in total. The van der Waals surface area contributed by atoms with Gasteiger partial charge >= 0.3 is 7.12 Å². The molecule has 25 heavy (non-hydrogen) atoms. The minimum absolute atomic E-state index is 0.417. The number of halogens is 1. The first-order valence-corrected chi connectivity index (χ1v) is 8.58. The van der Waals surface area contributed by atoms with Gasteiger partial charge in [0.15, 0.2) is 0 Å². The van der Waals surface area contributed by atoms with E-state index in [1.54, 1.807) is 17.1 Å². The van der Waals surface area contributed by atoms with Crippen LogP contribution in [0.1, 0.15) is 27.7 Å². The first kappa shape index (κ1) is 16.6. The van der Waals surface area contributed by atoms with Crippen molar-refractivity contribution >= 4 is 35.1 Å². The fourth-order valence-electron chi connectivity index (χ4n) is 2.94. The van der Waals surface area contributed by atoms with E-state index in [1.807, 2.05) is 57.8 Å². The molecule has 2 aromatic heterocycles. The average molecular weight is 359 g/mol. The van der Waals surface area contributed by atoms with Gasteiger partial charge in [0.05, 0.1) is 35.3 Å². The van der Waals surface area contributed by atoms with Crippen molar-refractivity contribution in [1.82, 2.24) is 19.6 Å². The molecule has 0 aliphatic carbocycles. The SMILES string of the molecule is Cn1cc(-n2ncc3cc(Cl)c(B4OC(C)(C)C(C)(C)O4)cc32)cn1. The Bertz CT molecular complexity index is 947. The minimum Gasteiger partial charge on any atom is -0.399 e. The van der Waals surface area contributed by atoms with Gasteiger partial charge in [-0.2, -0.15) is 10.2 Å². The van der Waals surface area contributed by atoms with Crippen LogP contribution < -0.4 is 5.46 Å². The largest absolute Gasteiger partial charge is 0.496 e. The molecule has 130 valence electrons. The molecular formula is C17H20BClN4O2. The Balaban J connectivity index is 1.82. The molecule has 0 radical (unpaired) electrons. The quantitative estimate of drug-likeness (QED) is 0.661. The van der Waals surface area contributed by atoms with E-state index in [4.69, 9.17) is 20.9 Å². The van der Waals surface area contributed by atoms with Crippen molar-refractivity contribution in [2.45, 2.75) is 38.9 Å². The fraction of sp³-hybridized carbons (Fsp3) is 0.412. The molecule has 0 amide bonds. The molecule has 0 atom stereocenters. The lowest BCUT2D eigenvalue weighted by atomic mass is 9.78. The van der Waals surface area contributed by atoms with Crippen molar-refractivity contribution in [2.75, 3.05) is 0 Å². The van der Waals surface area contributed by atoms with Crippen molar-refractivity contribution in [2.24, 2.45) is 7.05 Å².